The summed E-state index contributed by atoms with van der Waals surface area (Å²) in [7, 11) is 2.16. The molecule has 156 valence electrons. The van der Waals surface area contributed by atoms with Crippen LogP contribution in [0.2, 0.25) is 0 Å². The van der Waals surface area contributed by atoms with Gasteiger partial charge in [-0.2, -0.15) is 0 Å². The zero-order valence-electron chi connectivity index (χ0n) is 17.2. The first-order chi connectivity index (χ1) is 14.5. The molecule has 0 atom stereocenters. The smallest absolute Gasteiger partial charge is 0.267 e. The molecular formula is C23H25FN4OS. The lowest BCUT2D eigenvalue weighted by atomic mass is 10.1. The molecule has 0 spiro atoms. The van der Waals surface area contributed by atoms with Crippen LogP contribution in [0, 0.1) is 12.7 Å². The van der Waals surface area contributed by atoms with Crippen LogP contribution in [0.4, 0.5) is 10.1 Å². The van der Waals surface area contributed by atoms with Gasteiger partial charge in [0.1, 0.15) is 15.7 Å². The van der Waals surface area contributed by atoms with Gasteiger partial charge in [0.05, 0.1) is 5.69 Å². The van der Waals surface area contributed by atoms with Gasteiger partial charge in [0, 0.05) is 44.0 Å². The molecule has 0 radical (unpaired) electrons. The quantitative estimate of drug-likeness (QED) is 0.665. The van der Waals surface area contributed by atoms with E-state index >= 15 is 0 Å². The molecule has 5 nitrogen and oxygen atoms in total. The summed E-state index contributed by atoms with van der Waals surface area (Å²) in [6.07, 6.45) is 0. The Morgan fingerprint density at radius 3 is 2.40 bits per heavy atom. The van der Waals surface area contributed by atoms with Crippen LogP contribution in [-0.2, 0) is 6.54 Å². The van der Waals surface area contributed by atoms with Crippen LogP contribution in [-0.4, -0.2) is 53.9 Å². The third kappa shape index (κ3) is 4.92. The van der Waals surface area contributed by atoms with Crippen molar-refractivity contribution >= 4 is 22.9 Å². The number of hydrogen-bond donors (Lipinski definition) is 1. The van der Waals surface area contributed by atoms with Crippen molar-refractivity contribution in [1.82, 2.24) is 14.8 Å². The van der Waals surface area contributed by atoms with Crippen LogP contribution in [0.5, 0.6) is 0 Å². The Bertz CT molecular complexity index is 1010. The number of amides is 1. The maximum absolute atomic E-state index is 13.1. The van der Waals surface area contributed by atoms with Gasteiger partial charge in [-0.1, -0.05) is 12.1 Å². The van der Waals surface area contributed by atoms with Crippen molar-refractivity contribution in [3.05, 3.63) is 70.5 Å². The molecular weight excluding hydrogens is 399 g/mol. The van der Waals surface area contributed by atoms with Gasteiger partial charge in [-0.3, -0.25) is 9.69 Å². The number of benzene rings is 2. The number of aryl methyl sites for hydroxylation is 1. The third-order valence-electron chi connectivity index (χ3n) is 5.31. The molecule has 3 aromatic rings. The number of carbonyl (C=O) groups is 1. The van der Waals surface area contributed by atoms with Crippen LogP contribution >= 0.6 is 11.3 Å². The number of halogens is 1. The fourth-order valence-electron chi connectivity index (χ4n) is 3.47. The summed E-state index contributed by atoms with van der Waals surface area (Å²) < 4.78 is 13.1. The van der Waals surface area contributed by atoms with Crippen molar-refractivity contribution in [3.63, 3.8) is 0 Å². The molecule has 0 aliphatic carbocycles. The Morgan fingerprint density at radius 1 is 1.07 bits per heavy atom. The summed E-state index contributed by atoms with van der Waals surface area (Å²) in [5, 5.41) is 3.67. The number of likely N-dealkylation sites (N-methyl/N-ethyl adjacent to an activating group) is 1. The number of carbonyl (C=O) groups excluding carboxylic acids is 1. The highest BCUT2D eigenvalue weighted by atomic mass is 32.1. The van der Waals surface area contributed by atoms with Gasteiger partial charge in [0.15, 0.2) is 0 Å². The lowest BCUT2D eigenvalue weighted by Gasteiger charge is -2.32. The third-order valence-corrected chi connectivity index (χ3v) is 6.51. The van der Waals surface area contributed by atoms with Crippen molar-refractivity contribution in [1.29, 1.82) is 0 Å². The van der Waals surface area contributed by atoms with Gasteiger partial charge >= 0.3 is 0 Å². The molecule has 0 saturated carbocycles. The van der Waals surface area contributed by atoms with E-state index in [2.05, 4.69) is 39.3 Å². The average Bonchev–Trinajstić information content (AvgIpc) is 3.13. The van der Waals surface area contributed by atoms with Gasteiger partial charge in [0.2, 0.25) is 0 Å². The Balaban J connectivity index is 1.39. The second-order valence-electron chi connectivity index (χ2n) is 7.67. The number of anilines is 1. The van der Waals surface area contributed by atoms with E-state index in [0.717, 1.165) is 44.0 Å². The van der Waals surface area contributed by atoms with Gasteiger partial charge in [-0.15, -0.1) is 11.3 Å². The molecule has 0 bridgehead atoms. The minimum Gasteiger partial charge on any atom is -0.321 e. The molecule has 0 unspecified atom stereocenters. The van der Waals surface area contributed by atoms with E-state index in [1.54, 1.807) is 12.1 Å². The van der Waals surface area contributed by atoms with E-state index in [0.29, 0.717) is 15.6 Å². The minimum absolute atomic E-state index is 0.176. The molecule has 2 heterocycles. The molecule has 1 aromatic heterocycles. The highest BCUT2D eigenvalue weighted by Gasteiger charge is 2.17. The summed E-state index contributed by atoms with van der Waals surface area (Å²) in [5.41, 5.74) is 3.48. The lowest BCUT2D eigenvalue weighted by molar-refractivity contribution is 0.103. The van der Waals surface area contributed by atoms with Crippen molar-refractivity contribution < 1.29 is 9.18 Å². The van der Waals surface area contributed by atoms with E-state index in [9.17, 15) is 9.18 Å². The van der Waals surface area contributed by atoms with Crippen LogP contribution in [0.3, 0.4) is 0 Å². The number of thiazole rings is 1. The average molecular weight is 425 g/mol. The minimum atomic E-state index is -0.291. The molecule has 30 heavy (non-hydrogen) atoms. The van der Waals surface area contributed by atoms with Crippen molar-refractivity contribution in [2.24, 2.45) is 0 Å². The first kappa shape index (κ1) is 20.7. The van der Waals surface area contributed by atoms with E-state index in [1.807, 2.05) is 19.1 Å². The predicted octanol–water partition coefficient (Wildman–Crippen LogP) is 4.26. The predicted molar refractivity (Wildman–Crippen MR) is 119 cm³/mol. The molecule has 1 amide bonds. The number of aromatic nitrogens is 1. The summed E-state index contributed by atoms with van der Waals surface area (Å²) in [6, 6.07) is 14.2. The summed E-state index contributed by atoms with van der Waals surface area (Å²) in [6.45, 7) is 7.10. The van der Waals surface area contributed by atoms with Crippen LogP contribution in [0.15, 0.2) is 48.5 Å². The zero-order chi connectivity index (χ0) is 21.1. The maximum Gasteiger partial charge on any atom is 0.267 e. The first-order valence-corrected chi connectivity index (χ1v) is 10.8. The Morgan fingerprint density at radius 2 is 1.73 bits per heavy atom. The molecule has 1 saturated heterocycles. The SMILES string of the molecule is Cc1nc(-c2ccc(F)cc2)sc1C(=O)Nc1ccc(CN2CCN(C)CC2)cc1. The molecule has 1 aliphatic heterocycles. The standard InChI is InChI=1S/C23H25FN4OS/c1-16-21(30-23(25-16)18-5-7-19(24)8-6-18)22(29)26-20-9-3-17(4-10-20)15-28-13-11-27(2)12-14-28/h3-10H,11-15H2,1-2H3,(H,26,29). The normalized spacial score (nSPS) is 15.3. The number of rotatable bonds is 5. The zero-order valence-corrected chi connectivity index (χ0v) is 18.0. The number of nitrogens with zero attached hydrogens (tertiary/aromatic N) is 3. The van der Waals surface area contributed by atoms with Crippen molar-refractivity contribution in [2.45, 2.75) is 13.5 Å². The Hall–Kier alpha value is -2.61. The Labute approximate surface area is 180 Å². The summed E-state index contributed by atoms with van der Waals surface area (Å²) in [4.78, 5) is 22.6. The van der Waals surface area contributed by atoms with E-state index in [1.165, 1.54) is 29.0 Å². The summed E-state index contributed by atoms with van der Waals surface area (Å²) in [5.74, 6) is -0.466. The highest BCUT2D eigenvalue weighted by molar-refractivity contribution is 7.17. The van der Waals surface area contributed by atoms with Crippen molar-refractivity contribution in [3.8, 4) is 10.6 Å². The van der Waals surface area contributed by atoms with Crippen LogP contribution in [0.1, 0.15) is 20.9 Å². The van der Waals surface area contributed by atoms with Gasteiger partial charge in [-0.05, 0) is 55.9 Å². The monoisotopic (exact) mass is 424 g/mol. The maximum atomic E-state index is 13.1. The largest absolute Gasteiger partial charge is 0.321 e. The first-order valence-electron chi connectivity index (χ1n) is 10.0. The molecule has 1 N–H and O–H groups in total. The molecule has 1 aliphatic rings. The number of nitrogens with one attached hydrogen (secondary N) is 1. The number of hydrogen-bond acceptors (Lipinski definition) is 5. The second-order valence-corrected chi connectivity index (χ2v) is 8.67. The molecule has 2 aromatic carbocycles. The molecule has 1 fully saturated rings. The van der Waals surface area contributed by atoms with E-state index in [-0.39, 0.29) is 11.7 Å². The highest BCUT2D eigenvalue weighted by Crippen LogP contribution is 2.28. The summed E-state index contributed by atoms with van der Waals surface area (Å²) >= 11 is 1.32. The van der Waals surface area contributed by atoms with Crippen LogP contribution < -0.4 is 5.32 Å². The molecule has 4 rings (SSSR count). The van der Waals surface area contributed by atoms with Gasteiger partial charge in [-0.25, -0.2) is 9.37 Å². The van der Waals surface area contributed by atoms with E-state index in [4.69, 9.17) is 0 Å². The lowest BCUT2D eigenvalue weighted by Crippen LogP contribution is -2.43. The molecule has 7 heteroatoms. The fourth-order valence-corrected chi connectivity index (χ4v) is 4.44. The second kappa shape index (κ2) is 9.04. The van der Waals surface area contributed by atoms with Gasteiger partial charge < -0.3 is 10.2 Å². The van der Waals surface area contributed by atoms with Crippen LogP contribution in [0.25, 0.3) is 10.6 Å². The number of piperazine rings is 1. The van der Waals surface area contributed by atoms with Gasteiger partial charge in [0.25, 0.3) is 5.91 Å². The topological polar surface area (TPSA) is 48.5 Å². The Kier molecular flexibility index (Phi) is 6.22. The van der Waals surface area contributed by atoms with E-state index < -0.39 is 0 Å². The fraction of sp³-hybridized carbons (Fsp3) is 0.304. The van der Waals surface area contributed by atoms with Crippen molar-refractivity contribution in [2.75, 3.05) is 38.5 Å².